The van der Waals surface area contributed by atoms with Crippen LogP contribution in [0.1, 0.15) is 0 Å². The fourth-order valence-corrected chi connectivity index (χ4v) is 4.78. The summed E-state index contributed by atoms with van der Waals surface area (Å²) in [6.45, 7) is 0. The molecule has 5 heterocycles. The molecule has 0 aliphatic carbocycles. The SMILES string of the molecule is c1ccc2c(c1)Oc1ccccc1N2c1cc(-c2nc3cnccc3o2)cc(-c2nc3cnccc3o2)c1. The number of aromatic nitrogens is 4. The minimum absolute atomic E-state index is 0.476. The van der Waals surface area contributed by atoms with Crippen LogP contribution in [0.15, 0.2) is 112 Å². The summed E-state index contributed by atoms with van der Waals surface area (Å²) in [6.07, 6.45) is 6.75. The molecule has 1 aliphatic heterocycles. The van der Waals surface area contributed by atoms with Crippen molar-refractivity contribution < 1.29 is 13.6 Å². The minimum atomic E-state index is 0.476. The molecule has 3 aromatic carbocycles. The Morgan fingerprint density at radius 1 is 0.579 bits per heavy atom. The lowest BCUT2D eigenvalue weighted by atomic mass is 10.1. The maximum Gasteiger partial charge on any atom is 0.227 e. The van der Waals surface area contributed by atoms with Gasteiger partial charge in [-0.05, 0) is 42.5 Å². The third-order valence-electron chi connectivity index (χ3n) is 6.48. The summed E-state index contributed by atoms with van der Waals surface area (Å²) in [5.74, 6) is 2.48. The molecule has 7 aromatic rings. The number of benzene rings is 3. The van der Waals surface area contributed by atoms with Gasteiger partial charge in [-0.3, -0.25) is 9.97 Å². The molecule has 180 valence electrons. The van der Waals surface area contributed by atoms with Crippen molar-refractivity contribution in [3.63, 3.8) is 0 Å². The number of hydrogen-bond donors (Lipinski definition) is 0. The lowest BCUT2D eigenvalue weighted by Gasteiger charge is -2.33. The van der Waals surface area contributed by atoms with Gasteiger partial charge >= 0.3 is 0 Å². The van der Waals surface area contributed by atoms with Gasteiger partial charge in [0, 0.05) is 41.3 Å². The van der Waals surface area contributed by atoms with E-state index in [0.29, 0.717) is 34.0 Å². The molecule has 0 bridgehead atoms. The molecule has 0 amide bonds. The number of rotatable bonds is 3. The van der Waals surface area contributed by atoms with E-state index in [9.17, 15) is 0 Å². The van der Waals surface area contributed by atoms with Crippen molar-refractivity contribution in [1.29, 1.82) is 0 Å². The van der Waals surface area contributed by atoms with E-state index < -0.39 is 0 Å². The molecule has 0 radical (unpaired) electrons. The predicted octanol–water partition coefficient (Wildman–Crippen LogP) is 7.67. The third-order valence-corrected chi connectivity index (χ3v) is 6.48. The molecule has 8 rings (SSSR count). The highest BCUT2D eigenvalue weighted by Gasteiger charge is 2.27. The molecule has 0 saturated carbocycles. The first-order valence-corrected chi connectivity index (χ1v) is 12.0. The number of anilines is 3. The van der Waals surface area contributed by atoms with Crippen LogP contribution in [0, 0.1) is 0 Å². The van der Waals surface area contributed by atoms with E-state index in [1.54, 1.807) is 36.9 Å². The summed E-state index contributed by atoms with van der Waals surface area (Å²) >= 11 is 0. The van der Waals surface area contributed by atoms with Gasteiger partial charge in [-0.25, -0.2) is 9.97 Å². The van der Waals surface area contributed by atoms with Crippen molar-refractivity contribution in [1.82, 2.24) is 19.9 Å². The second-order valence-corrected chi connectivity index (χ2v) is 8.87. The van der Waals surface area contributed by atoms with Crippen LogP contribution in [-0.4, -0.2) is 19.9 Å². The lowest BCUT2D eigenvalue weighted by Crippen LogP contribution is -2.15. The Hall–Kier alpha value is -5.50. The normalized spacial score (nSPS) is 12.4. The molecule has 0 saturated heterocycles. The molecule has 0 N–H and O–H groups in total. The highest BCUT2D eigenvalue weighted by molar-refractivity contribution is 5.89. The van der Waals surface area contributed by atoms with Crippen LogP contribution >= 0.6 is 0 Å². The van der Waals surface area contributed by atoms with Crippen molar-refractivity contribution >= 4 is 39.3 Å². The average Bonchev–Trinajstić information content (AvgIpc) is 3.60. The van der Waals surface area contributed by atoms with Crippen molar-refractivity contribution in [2.45, 2.75) is 0 Å². The quantitative estimate of drug-likeness (QED) is 0.247. The first-order chi connectivity index (χ1) is 18.8. The molecule has 0 fully saturated rings. The van der Waals surface area contributed by atoms with Crippen LogP contribution in [0.5, 0.6) is 11.5 Å². The maximum absolute atomic E-state index is 6.22. The smallest absolute Gasteiger partial charge is 0.227 e. The summed E-state index contributed by atoms with van der Waals surface area (Å²) < 4.78 is 18.5. The van der Waals surface area contributed by atoms with Gasteiger partial charge in [0.2, 0.25) is 11.8 Å². The second kappa shape index (κ2) is 8.01. The summed E-state index contributed by atoms with van der Waals surface area (Å²) in [5.41, 5.74) is 6.95. The molecule has 0 spiro atoms. The minimum Gasteiger partial charge on any atom is -0.453 e. The number of fused-ring (bicyclic) bond motifs is 4. The first-order valence-electron chi connectivity index (χ1n) is 12.0. The van der Waals surface area contributed by atoms with Gasteiger partial charge in [-0.15, -0.1) is 0 Å². The van der Waals surface area contributed by atoms with Crippen molar-refractivity contribution in [3.05, 3.63) is 104 Å². The lowest BCUT2D eigenvalue weighted by molar-refractivity contribution is 0.477. The third kappa shape index (κ3) is 3.24. The molecule has 4 aromatic heterocycles. The van der Waals surface area contributed by atoms with Crippen LogP contribution < -0.4 is 9.64 Å². The van der Waals surface area contributed by atoms with E-state index in [1.165, 1.54) is 0 Å². The molecular formula is C30H17N5O3. The standard InChI is InChI=1S/C30H17N5O3/c1-3-7-27-23(5-1)35(24-6-2-4-8-28(24)36-27)20-14-18(29-33-21-16-31-11-9-25(21)37-29)13-19(15-20)30-34-22-17-32-12-10-26(22)38-30/h1-17H. The number of pyridine rings is 2. The highest BCUT2D eigenvalue weighted by Crippen LogP contribution is 2.51. The van der Waals surface area contributed by atoms with E-state index in [-0.39, 0.29) is 0 Å². The zero-order valence-electron chi connectivity index (χ0n) is 19.8. The van der Waals surface area contributed by atoms with E-state index >= 15 is 0 Å². The highest BCUT2D eigenvalue weighted by atomic mass is 16.5. The summed E-state index contributed by atoms with van der Waals surface area (Å²) in [5, 5.41) is 0. The van der Waals surface area contributed by atoms with Crippen LogP contribution in [0.25, 0.3) is 45.1 Å². The first kappa shape index (κ1) is 20.7. The van der Waals surface area contributed by atoms with Gasteiger partial charge in [0.1, 0.15) is 11.0 Å². The van der Waals surface area contributed by atoms with Gasteiger partial charge in [0.15, 0.2) is 22.7 Å². The van der Waals surface area contributed by atoms with Crippen molar-refractivity contribution in [3.8, 4) is 34.4 Å². The van der Waals surface area contributed by atoms with Gasteiger partial charge < -0.3 is 18.5 Å². The molecule has 8 nitrogen and oxygen atoms in total. The second-order valence-electron chi connectivity index (χ2n) is 8.87. The molecule has 0 unspecified atom stereocenters. The number of ether oxygens (including phenoxy) is 1. The van der Waals surface area contributed by atoms with E-state index in [4.69, 9.17) is 23.5 Å². The van der Waals surface area contributed by atoms with Crippen molar-refractivity contribution in [2.75, 3.05) is 4.90 Å². The Morgan fingerprint density at radius 2 is 1.11 bits per heavy atom. The Morgan fingerprint density at radius 3 is 1.63 bits per heavy atom. The fraction of sp³-hybridized carbons (Fsp3) is 0. The number of oxazole rings is 2. The summed E-state index contributed by atoms with van der Waals surface area (Å²) in [7, 11) is 0. The van der Waals surface area contributed by atoms with Crippen LogP contribution in [-0.2, 0) is 0 Å². The zero-order chi connectivity index (χ0) is 25.1. The fourth-order valence-electron chi connectivity index (χ4n) is 4.78. The van der Waals surface area contributed by atoms with Gasteiger partial charge in [-0.1, -0.05) is 24.3 Å². The van der Waals surface area contributed by atoms with Gasteiger partial charge in [-0.2, -0.15) is 0 Å². The Balaban J connectivity index is 1.39. The zero-order valence-corrected chi connectivity index (χ0v) is 19.8. The van der Waals surface area contributed by atoms with Gasteiger partial charge in [0.25, 0.3) is 0 Å². The topological polar surface area (TPSA) is 90.3 Å². The van der Waals surface area contributed by atoms with E-state index in [0.717, 1.165) is 39.7 Å². The van der Waals surface area contributed by atoms with Gasteiger partial charge in [0.05, 0.1) is 23.8 Å². The summed E-state index contributed by atoms with van der Waals surface area (Å²) in [6, 6.07) is 25.6. The van der Waals surface area contributed by atoms with E-state index in [2.05, 4.69) is 14.9 Å². The Labute approximate surface area is 215 Å². The monoisotopic (exact) mass is 495 g/mol. The predicted molar refractivity (Wildman–Crippen MR) is 143 cm³/mol. The van der Waals surface area contributed by atoms with Crippen LogP contribution in [0.3, 0.4) is 0 Å². The Bertz CT molecular complexity index is 1790. The summed E-state index contributed by atoms with van der Waals surface area (Å²) in [4.78, 5) is 19.9. The average molecular weight is 495 g/mol. The van der Waals surface area contributed by atoms with Crippen LogP contribution in [0.2, 0.25) is 0 Å². The molecule has 38 heavy (non-hydrogen) atoms. The maximum atomic E-state index is 6.22. The molecular weight excluding hydrogens is 478 g/mol. The number of para-hydroxylation sites is 4. The molecule has 1 aliphatic rings. The largest absolute Gasteiger partial charge is 0.453 e. The van der Waals surface area contributed by atoms with Crippen LogP contribution in [0.4, 0.5) is 17.1 Å². The molecule has 8 heteroatoms. The molecule has 0 atom stereocenters. The van der Waals surface area contributed by atoms with Crippen molar-refractivity contribution in [2.24, 2.45) is 0 Å². The van der Waals surface area contributed by atoms with E-state index in [1.807, 2.05) is 66.7 Å². The Kier molecular flexibility index (Phi) is 4.35. The number of hydrogen-bond acceptors (Lipinski definition) is 8. The number of nitrogens with zero attached hydrogens (tertiary/aromatic N) is 5.